The number of hydrogen-bond acceptors (Lipinski definition) is 1. The number of aliphatic hydroxyl groups excluding tert-OH is 1. The van der Waals surface area contributed by atoms with Gasteiger partial charge in [0.25, 0.3) is 0 Å². The Morgan fingerprint density at radius 1 is 1.10 bits per heavy atom. The van der Waals surface area contributed by atoms with Crippen LogP contribution in [0.1, 0.15) is 49.1 Å². The first-order valence-electron chi connectivity index (χ1n) is 6.89. The normalized spacial score (nSPS) is 23.9. The largest absolute Gasteiger partial charge is 0.416 e. The minimum atomic E-state index is -4.51. The Morgan fingerprint density at radius 2 is 1.75 bits per heavy atom. The van der Waals surface area contributed by atoms with Crippen molar-refractivity contribution in [1.82, 2.24) is 0 Å². The van der Waals surface area contributed by atoms with E-state index in [9.17, 15) is 17.6 Å². The summed E-state index contributed by atoms with van der Waals surface area (Å²) >= 11 is 0. The molecule has 1 aliphatic carbocycles. The van der Waals surface area contributed by atoms with Crippen LogP contribution in [0, 0.1) is 11.7 Å². The second-order valence-electron chi connectivity index (χ2n) is 5.46. The van der Waals surface area contributed by atoms with Gasteiger partial charge in [0.15, 0.2) is 0 Å². The van der Waals surface area contributed by atoms with Crippen molar-refractivity contribution in [3.8, 4) is 0 Å². The van der Waals surface area contributed by atoms with Crippen LogP contribution in [0.15, 0.2) is 18.2 Å². The van der Waals surface area contributed by atoms with Crippen molar-refractivity contribution in [2.24, 2.45) is 5.92 Å². The van der Waals surface area contributed by atoms with E-state index in [1.807, 2.05) is 0 Å². The van der Waals surface area contributed by atoms with Gasteiger partial charge in [-0.2, -0.15) is 13.2 Å². The first kappa shape index (κ1) is 15.3. The number of halogens is 4. The Morgan fingerprint density at radius 3 is 2.30 bits per heavy atom. The zero-order valence-corrected chi connectivity index (χ0v) is 11.1. The summed E-state index contributed by atoms with van der Waals surface area (Å²) in [6, 6.07) is 2.97. The molecule has 20 heavy (non-hydrogen) atoms. The lowest BCUT2D eigenvalue weighted by molar-refractivity contribution is -0.138. The van der Waals surface area contributed by atoms with Gasteiger partial charge in [-0.25, -0.2) is 4.39 Å². The molecule has 0 aliphatic heterocycles. The second kappa shape index (κ2) is 6.12. The quantitative estimate of drug-likeness (QED) is 0.813. The molecular formula is C15H18F4O. The van der Waals surface area contributed by atoms with Crippen LogP contribution in [0.3, 0.4) is 0 Å². The van der Waals surface area contributed by atoms with Crippen molar-refractivity contribution >= 4 is 0 Å². The van der Waals surface area contributed by atoms with E-state index in [2.05, 4.69) is 0 Å². The smallest absolute Gasteiger partial charge is 0.396 e. The van der Waals surface area contributed by atoms with E-state index in [1.54, 1.807) is 0 Å². The molecule has 112 valence electrons. The van der Waals surface area contributed by atoms with Crippen molar-refractivity contribution in [1.29, 1.82) is 0 Å². The van der Waals surface area contributed by atoms with Gasteiger partial charge in [0.1, 0.15) is 5.82 Å². The van der Waals surface area contributed by atoms with Crippen LogP contribution < -0.4 is 0 Å². The fourth-order valence-corrected chi connectivity index (χ4v) is 3.07. The van der Waals surface area contributed by atoms with E-state index in [-0.39, 0.29) is 18.1 Å². The Hall–Kier alpha value is -1.10. The van der Waals surface area contributed by atoms with Crippen molar-refractivity contribution in [3.05, 3.63) is 35.1 Å². The van der Waals surface area contributed by atoms with Gasteiger partial charge < -0.3 is 5.11 Å². The summed E-state index contributed by atoms with van der Waals surface area (Å²) in [7, 11) is 0. The molecule has 1 aromatic carbocycles. The topological polar surface area (TPSA) is 20.2 Å². The summed E-state index contributed by atoms with van der Waals surface area (Å²) in [5, 5.41) is 8.89. The van der Waals surface area contributed by atoms with Gasteiger partial charge in [-0.1, -0.05) is 6.07 Å². The van der Waals surface area contributed by atoms with Gasteiger partial charge in [0, 0.05) is 6.61 Å². The summed E-state index contributed by atoms with van der Waals surface area (Å²) < 4.78 is 52.0. The minimum Gasteiger partial charge on any atom is -0.396 e. The van der Waals surface area contributed by atoms with E-state index in [0.29, 0.717) is 31.2 Å². The van der Waals surface area contributed by atoms with E-state index < -0.39 is 17.6 Å². The van der Waals surface area contributed by atoms with Crippen LogP contribution in [0.2, 0.25) is 0 Å². The van der Waals surface area contributed by atoms with Crippen molar-refractivity contribution in [2.45, 2.75) is 44.2 Å². The molecule has 0 spiro atoms. The third-order valence-electron chi connectivity index (χ3n) is 4.14. The number of benzene rings is 1. The molecular weight excluding hydrogens is 272 g/mol. The van der Waals surface area contributed by atoms with Gasteiger partial charge in [-0.05, 0) is 61.6 Å². The Labute approximate surface area is 115 Å². The molecule has 0 atom stereocenters. The number of rotatable bonds is 3. The molecule has 1 saturated carbocycles. The average molecular weight is 290 g/mol. The average Bonchev–Trinajstić information content (AvgIpc) is 2.39. The monoisotopic (exact) mass is 290 g/mol. The molecule has 0 aromatic heterocycles. The summed E-state index contributed by atoms with van der Waals surface area (Å²) in [5.41, 5.74) is -0.635. The summed E-state index contributed by atoms with van der Waals surface area (Å²) in [5.74, 6) is -0.622. The van der Waals surface area contributed by atoms with Gasteiger partial charge in [0.2, 0.25) is 0 Å². The molecule has 2 rings (SSSR count). The van der Waals surface area contributed by atoms with E-state index in [1.165, 1.54) is 6.07 Å². The second-order valence-corrected chi connectivity index (χ2v) is 5.46. The molecule has 5 heteroatoms. The van der Waals surface area contributed by atoms with Gasteiger partial charge in [0.05, 0.1) is 5.56 Å². The molecule has 0 bridgehead atoms. The van der Waals surface area contributed by atoms with Crippen LogP contribution in [0.5, 0.6) is 0 Å². The maximum Gasteiger partial charge on any atom is 0.416 e. The zero-order valence-electron chi connectivity index (χ0n) is 11.1. The molecule has 0 amide bonds. The SMILES string of the molecule is OCCC1CCC(c2ccc(F)cc2C(F)(F)F)CC1. The summed E-state index contributed by atoms with van der Waals surface area (Å²) in [6.45, 7) is 0.125. The van der Waals surface area contributed by atoms with Crippen molar-refractivity contribution < 1.29 is 22.7 Å². The summed E-state index contributed by atoms with van der Waals surface area (Å²) in [4.78, 5) is 0. The standard InChI is InChI=1S/C15H18F4O/c16-12-5-6-13(14(9-12)15(17,18)19)11-3-1-10(2-4-11)7-8-20/h5-6,9-11,20H,1-4,7-8H2. The molecule has 1 N–H and O–H groups in total. The summed E-state index contributed by atoms with van der Waals surface area (Å²) in [6.07, 6.45) is -0.833. The van der Waals surface area contributed by atoms with E-state index in [4.69, 9.17) is 5.11 Å². The van der Waals surface area contributed by atoms with E-state index in [0.717, 1.165) is 18.9 Å². The lowest BCUT2D eigenvalue weighted by Crippen LogP contribution is -2.18. The van der Waals surface area contributed by atoms with Crippen LogP contribution in [0.4, 0.5) is 17.6 Å². The lowest BCUT2D eigenvalue weighted by atomic mass is 9.76. The first-order chi connectivity index (χ1) is 9.41. The van der Waals surface area contributed by atoms with Crippen LogP contribution in [0.25, 0.3) is 0 Å². The molecule has 0 heterocycles. The number of aliphatic hydroxyl groups is 1. The minimum absolute atomic E-state index is 0.125. The fourth-order valence-electron chi connectivity index (χ4n) is 3.07. The molecule has 0 radical (unpaired) electrons. The highest BCUT2D eigenvalue weighted by Crippen LogP contribution is 2.42. The first-order valence-corrected chi connectivity index (χ1v) is 6.89. The highest BCUT2D eigenvalue weighted by molar-refractivity contribution is 5.33. The Balaban J connectivity index is 2.18. The Bertz CT molecular complexity index is 448. The van der Waals surface area contributed by atoms with Gasteiger partial charge >= 0.3 is 6.18 Å². The highest BCUT2D eigenvalue weighted by atomic mass is 19.4. The molecule has 0 saturated heterocycles. The van der Waals surface area contributed by atoms with Crippen LogP contribution in [-0.2, 0) is 6.18 Å². The van der Waals surface area contributed by atoms with Gasteiger partial charge in [-0.3, -0.25) is 0 Å². The third-order valence-corrected chi connectivity index (χ3v) is 4.14. The van der Waals surface area contributed by atoms with Crippen molar-refractivity contribution in [2.75, 3.05) is 6.61 Å². The molecule has 1 fully saturated rings. The predicted octanol–water partition coefficient (Wildman–Crippen LogP) is 4.50. The third kappa shape index (κ3) is 3.51. The van der Waals surface area contributed by atoms with Crippen LogP contribution in [-0.4, -0.2) is 11.7 Å². The predicted molar refractivity (Wildman–Crippen MR) is 67.8 cm³/mol. The van der Waals surface area contributed by atoms with E-state index >= 15 is 0 Å². The van der Waals surface area contributed by atoms with Crippen LogP contribution >= 0.6 is 0 Å². The molecule has 1 nitrogen and oxygen atoms in total. The Kier molecular flexibility index (Phi) is 4.68. The molecule has 1 aliphatic rings. The highest BCUT2D eigenvalue weighted by Gasteiger charge is 2.36. The number of alkyl halides is 3. The molecule has 0 unspecified atom stereocenters. The fraction of sp³-hybridized carbons (Fsp3) is 0.600. The molecule has 1 aromatic rings. The van der Waals surface area contributed by atoms with Gasteiger partial charge in [-0.15, -0.1) is 0 Å². The number of hydrogen-bond donors (Lipinski definition) is 1. The van der Waals surface area contributed by atoms with Crippen molar-refractivity contribution in [3.63, 3.8) is 0 Å². The maximum atomic E-state index is 13.1. The lowest BCUT2D eigenvalue weighted by Gasteiger charge is -2.30. The maximum absolute atomic E-state index is 13.1. The zero-order chi connectivity index (χ0) is 14.8.